The molecule has 0 unspecified atom stereocenters. The van der Waals surface area contributed by atoms with E-state index in [1.165, 1.54) is 0 Å². The Morgan fingerprint density at radius 2 is 1.68 bits per heavy atom. The van der Waals surface area contributed by atoms with Gasteiger partial charge in [0.1, 0.15) is 11.6 Å². The van der Waals surface area contributed by atoms with Crippen LogP contribution in [-0.2, 0) is 9.53 Å². The van der Waals surface area contributed by atoms with Gasteiger partial charge in [-0.25, -0.2) is 0 Å². The Labute approximate surface area is 134 Å². The number of morpholine rings is 1. The van der Waals surface area contributed by atoms with Gasteiger partial charge in [-0.15, -0.1) is 0 Å². The number of carbonyl (C=O) groups excluding carboxylic acids is 1. The van der Waals surface area contributed by atoms with Gasteiger partial charge in [0.2, 0.25) is 0 Å². The summed E-state index contributed by atoms with van der Waals surface area (Å²) in [6, 6.07) is 2.14. The molecule has 0 aliphatic carbocycles. The van der Waals surface area contributed by atoms with Crippen molar-refractivity contribution in [1.29, 1.82) is 5.26 Å². The third-order valence-corrected chi connectivity index (χ3v) is 3.45. The molecule has 0 aromatic carbocycles. The fourth-order valence-corrected chi connectivity index (χ4v) is 2.19. The molecule has 0 spiro atoms. The highest BCUT2D eigenvalue weighted by Crippen LogP contribution is 2.31. The zero-order chi connectivity index (χ0) is 17.0. The number of ether oxygens (including phenoxy) is 1. The van der Waals surface area contributed by atoms with E-state index in [0.717, 1.165) is 5.57 Å². The minimum atomic E-state index is -0.269. The zero-order valence-corrected chi connectivity index (χ0v) is 14.7. The van der Waals surface area contributed by atoms with Crippen LogP contribution in [0.15, 0.2) is 23.3 Å². The van der Waals surface area contributed by atoms with Crippen molar-refractivity contribution in [2.75, 3.05) is 26.3 Å². The van der Waals surface area contributed by atoms with Crippen LogP contribution < -0.4 is 0 Å². The molecule has 1 heterocycles. The first-order valence-corrected chi connectivity index (χ1v) is 7.77. The molecule has 0 saturated carbocycles. The highest BCUT2D eigenvalue weighted by atomic mass is 16.5. The van der Waals surface area contributed by atoms with E-state index in [9.17, 15) is 10.1 Å². The molecule has 1 saturated heterocycles. The fourth-order valence-electron chi connectivity index (χ4n) is 2.19. The van der Waals surface area contributed by atoms with Gasteiger partial charge in [-0.1, -0.05) is 53.7 Å². The molecule has 0 atom stereocenters. The predicted molar refractivity (Wildman–Crippen MR) is 88.1 cm³/mol. The number of allylic oxidation sites excluding steroid dienone is 3. The van der Waals surface area contributed by atoms with Crippen molar-refractivity contribution in [2.45, 2.75) is 41.5 Å². The van der Waals surface area contributed by atoms with Gasteiger partial charge in [-0.3, -0.25) is 4.79 Å². The van der Waals surface area contributed by atoms with Crippen molar-refractivity contribution in [3.05, 3.63) is 23.3 Å². The summed E-state index contributed by atoms with van der Waals surface area (Å²) in [4.78, 5) is 14.4. The highest BCUT2D eigenvalue weighted by molar-refractivity contribution is 5.98. The normalized spacial score (nSPS) is 18.1. The first-order valence-electron chi connectivity index (χ1n) is 7.77. The van der Waals surface area contributed by atoms with Crippen molar-refractivity contribution in [2.24, 2.45) is 10.8 Å². The van der Waals surface area contributed by atoms with Crippen LogP contribution in [0.4, 0.5) is 0 Å². The summed E-state index contributed by atoms with van der Waals surface area (Å²) in [7, 11) is 0. The first kappa shape index (κ1) is 18.4. The van der Waals surface area contributed by atoms with Crippen LogP contribution in [0, 0.1) is 22.2 Å². The topological polar surface area (TPSA) is 53.3 Å². The lowest BCUT2D eigenvalue weighted by Gasteiger charge is -2.29. The molecule has 122 valence electrons. The number of nitriles is 1. The Kier molecular flexibility index (Phi) is 5.96. The molecule has 0 aromatic heterocycles. The molecular weight excluding hydrogens is 276 g/mol. The Morgan fingerprint density at radius 3 is 2.09 bits per heavy atom. The van der Waals surface area contributed by atoms with Crippen LogP contribution >= 0.6 is 0 Å². The van der Waals surface area contributed by atoms with Crippen LogP contribution in [0.3, 0.4) is 0 Å². The lowest BCUT2D eigenvalue weighted by atomic mass is 9.81. The Bertz CT molecular complexity index is 505. The molecular formula is C18H28N2O2. The molecule has 22 heavy (non-hydrogen) atoms. The maximum atomic E-state index is 12.7. The van der Waals surface area contributed by atoms with Gasteiger partial charge in [0.25, 0.3) is 5.91 Å². The quantitative estimate of drug-likeness (QED) is 0.447. The lowest BCUT2D eigenvalue weighted by molar-refractivity contribution is -0.130. The van der Waals surface area contributed by atoms with Crippen molar-refractivity contribution >= 4 is 5.91 Å². The van der Waals surface area contributed by atoms with Gasteiger partial charge in [0.05, 0.1) is 13.2 Å². The van der Waals surface area contributed by atoms with E-state index < -0.39 is 0 Å². The summed E-state index contributed by atoms with van der Waals surface area (Å²) in [5.41, 5.74) is 0.768. The monoisotopic (exact) mass is 304 g/mol. The maximum absolute atomic E-state index is 12.7. The molecule has 1 aliphatic rings. The third-order valence-electron chi connectivity index (χ3n) is 3.45. The number of hydrogen-bond acceptors (Lipinski definition) is 3. The molecule has 4 nitrogen and oxygen atoms in total. The molecule has 4 heteroatoms. The Hall–Kier alpha value is -1.60. The summed E-state index contributed by atoms with van der Waals surface area (Å²) in [6.45, 7) is 14.5. The van der Waals surface area contributed by atoms with E-state index >= 15 is 0 Å². The van der Waals surface area contributed by atoms with Gasteiger partial charge in [0.15, 0.2) is 0 Å². The predicted octanol–water partition coefficient (Wildman–Crippen LogP) is 3.31. The van der Waals surface area contributed by atoms with E-state index in [-0.39, 0.29) is 22.3 Å². The largest absolute Gasteiger partial charge is 0.378 e. The molecule has 1 amide bonds. The lowest BCUT2D eigenvalue weighted by Crippen LogP contribution is -2.41. The van der Waals surface area contributed by atoms with Crippen LogP contribution in [0.5, 0.6) is 0 Å². The van der Waals surface area contributed by atoms with Crippen LogP contribution in [0.2, 0.25) is 0 Å². The van der Waals surface area contributed by atoms with Crippen molar-refractivity contribution in [3.8, 4) is 6.07 Å². The fraction of sp³-hybridized carbons (Fsp3) is 0.667. The van der Waals surface area contributed by atoms with Crippen LogP contribution in [0.1, 0.15) is 41.5 Å². The molecule has 1 fully saturated rings. The number of rotatable bonds is 2. The standard InChI is InChI=1S/C18H28N2O2/c1-17(2,3)8-7-15(18(4,5)6)14(13-19)16(21)20-9-11-22-12-10-20/h7-8H,9-12H2,1-6H3/b8-7-,15-14+. The second-order valence-corrected chi connectivity index (χ2v) is 7.75. The van der Waals surface area contributed by atoms with Gasteiger partial charge in [-0.05, 0) is 16.4 Å². The first-order chi connectivity index (χ1) is 10.1. The third kappa shape index (κ3) is 5.31. The number of hydrogen-bond donors (Lipinski definition) is 0. The van der Waals surface area contributed by atoms with Gasteiger partial charge >= 0.3 is 0 Å². The number of nitrogens with zero attached hydrogens (tertiary/aromatic N) is 2. The van der Waals surface area contributed by atoms with Crippen molar-refractivity contribution in [1.82, 2.24) is 4.90 Å². The maximum Gasteiger partial charge on any atom is 0.264 e. The van der Waals surface area contributed by atoms with Crippen molar-refractivity contribution in [3.63, 3.8) is 0 Å². The summed E-state index contributed by atoms with van der Waals surface area (Å²) in [5, 5.41) is 9.57. The Balaban J connectivity index is 3.24. The molecule has 0 aromatic rings. The van der Waals surface area contributed by atoms with Gasteiger partial charge < -0.3 is 9.64 Å². The summed E-state index contributed by atoms with van der Waals surface area (Å²) in [6.07, 6.45) is 3.99. The summed E-state index contributed by atoms with van der Waals surface area (Å²) >= 11 is 0. The number of carbonyl (C=O) groups is 1. The van der Waals surface area contributed by atoms with Gasteiger partial charge in [-0.2, -0.15) is 5.26 Å². The smallest absolute Gasteiger partial charge is 0.264 e. The van der Waals surface area contributed by atoms with E-state index in [0.29, 0.717) is 26.3 Å². The van der Waals surface area contributed by atoms with Crippen LogP contribution in [-0.4, -0.2) is 37.1 Å². The second-order valence-electron chi connectivity index (χ2n) is 7.75. The van der Waals surface area contributed by atoms with Crippen LogP contribution in [0.25, 0.3) is 0 Å². The minimum Gasteiger partial charge on any atom is -0.378 e. The highest BCUT2D eigenvalue weighted by Gasteiger charge is 2.28. The second kappa shape index (κ2) is 7.11. The zero-order valence-electron chi connectivity index (χ0n) is 14.7. The van der Waals surface area contributed by atoms with E-state index in [1.807, 2.05) is 26.8 Å². The van der Waals surface area contributed by atoms with Gasteiger partial charge in [0, 0.05) is 13.1 Å². The molecule has 1 aliphatic heterocycles. The van der Waals surface area contributed by atoms with Crippen molar-refractivity contribution < 1.29 is 9.53 Å². The van der Waals surface area contributed by atoms with E-state index in [4.69, 9.17) is 4.74 Å². The molecule has 0 bridgehead atoms. The average Bonchev–Trinajstić information content (AvgIpc) is 2.41. The molecule has 1 rings (SSSR count). The van der Waals surface area contributed by atoms with E-state index in [1.54, 1.807) is 4.90 Å². The molecule has 0 radical (unpaired) electrons. The Morgan fingerprint density at radius 1 is 1.14 bits per heavy atom. The number of amides is 1. The minimum absolute atomic E-state index is 0.000915. The SMILES string of the molecule is CC(C)(C)/C=C\C(=C(\C#N)C(=O)N1CCOCC1)C(C)(C)C. The van der Waals surface area contributed by atoms with E-state index in [2.05, 4.69) is 32.9 Å². The average molecular weight is 304 g/mol. The summed E-state index contributed by atoms with van der Waals surface area (Å²) in [5.74, 6) is -0.186. The molecule has 0 N–H and O–H groups in total. The summed E-state index contributed by atoms with van der Waals surface area (Å²) < 4.78 is 5.28.